The average Bonchev–Trinajstić information content (AvgIpc) is 3.31. The average molecular weight is 479 g/mol. The highest BCUT2D eigenvalue weighted by molar-refractivity contribution is 7.89. The minimum Gasteiger partial charge on any atom is -0.490 e. The highest BCUT2D eigenvalue weighted by Crippen LogP contribution is 2.26. The fraction of sp³-hybridized carbons (Fsp3) is 0.280. The molecule has 1 aromatic heterocycles. The lowest BCUT2D eigenvalue weighted by atomic mass is 10.1. The molecule has 0 bridgehead atoms. The number of benzene rings is 2. The number of aromatic nitrogens is 1. The van der Waals surface area contributed by atoms with Gasteiger partial charge in [0.15, 0.2) is 0 Å². The van der Waals surface area contributed by atoms with Crippen molar-refractivity contribution in [3.8, 4) is 5.75 Å². The van der Waals surface area contributed by atoms with Crippen LogP contribution in [0.4, 0.5) is 10.5 Å². The number of carbonyl (C=O) groups excluding carboxylic acids is 1. The molecule has 2 aliphatic rings. The van der Waals surface area contributed by atoms with Gasteiger partial charge in [-0.2, -0.15) is 4.31 Å². The van der Waals surface area contributed by atoms with Gasteiger partial charge in [0, 0.05) is 44.3 Å². The number of sulfonamides is 1. The fourth-order valence-corrected chi connectivity index (χ4v) is 5.80. The van der Waals surface area contributed by atoms with E-state index in [0.29, 0.717) is 55.4 Å². The number of ether oxygens (including phenoxy) is 1. The number of piperidine rings is 1. The predicted octanol–water partition coefficient (Wildman–Crippen LogP) is 3.86. The lowest BCUT2D eigenvalue weighted by Gasteiger charge is -2.31. The van der Waals surface area contributed by atoms with Gasteiger partial charge in [0.25, 0.3) is 0 Å². The van der Waals surface area contributed by atoms with Crippen LogP contribution in [0.25, 0.3) is 0 Å². The minimum atomic E-state index is -3.47. The van der Waals surface area contributed by atoms with Gasteiger partial charge >= 0.3 is 6.03 Å². The van der Waals surface area contributed by atoms with Gasteiger partial charge in [0.05, 0.1) is 4.90 Å². The number of nitrogens with zero attached hydrogens (tertiary/aromatic N) is 3. The van der Waals surface area contributed by atoms with E-state index in [2.05, 4.69) is 10.3 Å². The first-order chi connectivity index (χ1) is 16.5. The number of hydrogen-bond donors (Lipinski definition) is 1. The second-order valence-corrected chi connectivity index (χ2v) is 10.4. The molecule has 0 unspecified atom stereocenters. The number of hydrogen-bond acceptors (Lipinski definition) is 5. The maximum Gasteiger partial charge on any atom is 0.322 e. The second kappa shape index (κ2) is 9.44. The molecule has 1 N–H and O–H groups in total. The first kappa shape index (κ1) is 22.4. The van der Waals surface area contributed by atoms with Crippen LogP contribution in [-0.4, -0.2) is 47.8 Å². The molecule has 176 valence electrons. The van der Waals surface area contributed by atoms with Crippen LogP contribution in [-0.2, 0) is 23.1 Å². The SMILES string of the molecule is O=C(Nc1ccc(OC2CCN(S(=O)(=O)c3ccccc3)CC2)cc1)N1Cc2ccncc2C1. The first-order valence-electron chi connectivity index (χ1n) is 11.3. The number of amides is 2. The van der Waals surface area contributed by atoms with Crippen molar-refractivity contribution in [2.75, 3.05) is 18.4 Å². The Hall–Kier alpha value is -3.43. The van der Waals surface area contributed by atoms with Crippen LogP contribution in [0.3, 0.4) is 0 Å². The molecule has 8 nitrogen and oxygen atoms in total. The summed E-state index contributed by atoms with van der Waals surface area (Å²) < 4.78 is 33.2. The summed E-state index contributed by atoms with van der Waals surface area (Å²) in [5.41, 5.74) is 2.88. The maximum absolute atomic E-state index is 12.8. The molecular formula is C25H26N4O4S. The van der Waals surface area contributed by atoms with Crippen molar-refractivity contribution in [2.45, 2.75) is 36.9 Å². The first-order valence-corrected chi connectivity index (χ1v) is 12.7. The van der Waals surface area contributed by atoms with Crippen LogP contribution in [0.2, 0.25) is 0 Å². The van der Waals surface area contributed by atoms with Gasteiger partial charge in [-0.15, -0.1) is 0 Å². The Labute approximate surface area is 199 Å². The van der Waals surface area contributed by atoms with E-state index in [-0.39, 0.29) is 12.1 Å². The molecule has 2 aromatic carbocycles. The third-order valence-electron chi connectivity index (χ3n) is 6.20. The van der Waals surface area contributed by atoms with E-state index >= 15 is 0 Å². The Morgan fingerprint density at radius 1 is 0.941 bits per heavy atom. The van der Waals surface area contributed by atoms with Gasteiger partial charge in [-0.3, -0.25) is 4.98 Å². The number of urea groups is 1. The zero-order chi connectivity index (χ0) is 23.5. The van der Waals surface area contributed by atoms with Crippen LogP contribution in [0, 0.1) is 0 Å². The molecule has 2 amide bonds. The van der Waals surface area contributed by atoms with Crippen molar-refractivity contribution in [1.82, 2.24) is 14.2 Å². The van der Waals surface area contributed by atoms with Crippen LogP contribution in [0.15, 0.2) is 78.0 Å². The third-order valence-corrected chi connectivity index (χ3v) is 8.12. The van der Waals surface area contributed by atoms with Crippen molar-refractivity contribution in [2.24, 2.45) is 0 Å². The molecule has 5 rings (SSSR count). The number of fused-ring (bicyclic) bond motifs is 1. The van der Waals surface area contributed by atoms with Crippen LogP contribution in [0.1, 0.15) is 24.0 Å². The summed E-state index contributed by atoms with van der Waals surface area (Å²) in [7, 11) is -3.47. The molecule has 2 aliphatic heterocycles. The topological polar surface area (TPSA) is 91.8 Å². The Bertz CT molecular complexity index is 1230. The zero-order valence-corrected chi connectivity index (χ0v) is 19.4. The van der Waals surface area contributed by atoms with E-state index in [4.69, 9.17) is 4.74 Å². The van der Waals surface area contributed by atoms with Crippen LogP contribution in [0.5, 0.6) is 5.75 Å². The maximum atomic E-state index is 12.8. The summed E-state index contributed by atoms with van der Waals surface area (Å²) in [6, 6.07) is 17.6. The van der Waals surface area contributed by atoms with Gasteiger partial charge in [-0.05, 0) is 66.4 Å². The monoisotopic (exact) mass is 478 g/mol. The van der Waals surface area contributed by atoms with E-state index in [1.165, 1.54) is 4.31 Å². The summed E-state index contributed by atoms with van der Waals surface area (Å²) in [5.74, 6) is 0.696. The van der Waals surface area contributed by atoms with E-state index in [9.17, 15) is 13.2 Å². The van der Waals surface area contributed by atoms with Gasteiger partial charge < -0.3 is 15.0 Å². The van der Waals surface area contributed by atoms with Crippen molar-refractivity contribution in [1.29, 1.82) is 0 Å². The molecule has 1 fully saturated rings. The predicted molar refractivity (Wildman–Crippen MR) is 128 cm³/mol. The van der Waals surface area contributed by atoms with Gasteiger partial charge in [0.2, 0.25) is 10.0 Å². The van der Waals surface area contributed by atoms with E-state index in [1.807, 2.05) is 30.3 Å². The molecule has 3 aromatic rings. The van der Waals surface area contributed by atoms with Crippen molar-refractivity contribution in [3.63, 3.8) is 0 Å². The van der Waals surface area contributed by atoms with E-state index < -0.39 is 10.0 Å². The fourth-order valence-electron chi connectivity index (χ4n) is 4.31. The summed E-state index contributed by atoms with van der Waals surface area (Å²) in [6.45, 7) is 1.96. The molecule has 0 spiro atoms. The summed E-state index contributed by atoms with van der Waals surface area (Å²) in [4.78, 5) is 18.8. The molecule has 0 atom stereocenters. The van der Waals surface area contributed by atoms with Crippen LogP contribution < -0.4 is 10.1 Å². The van der Waals surface area contributed by atoms with Crippen molar-refractivity contribution < 1.29 is 17.9 Å². The largest absolute Gasteiger partial charge is 0.490 e. The highest BCUT2D eigenvalue weighted by Gasteiger charge is 2.30. The Balaban J connectivity index is 1.12. The van der Waals surface area contributed by atoms with Gasteiger partial charge in [0.1, 0.15) is 11.9 Å². The summed E-state index contributed by atoms with van der Waals surface area (Å²) >= 11 is 0. The smallest absolute Gasteiger partial charge is 0.322 e. The van der Waals surface area contributed by atoms with Crippen LogP contribution >= 0.6 is 0 Å². The van der Waals surface area contributed by atoms with E-state index in [0.717, 1.165) is 11.1 Å². The quantitative estimate of drug-likeness (QED) is 0.601. The highest BCUT2D eigenvalue weighted by atomic mass is 32.2. The summed E-state index contributed by atoms with van der Waals surface area (Å²) in [5, 5.41) is 2.93. The number of carbonyl (C=O) groups is 1. The minimum absolute atomic E-state index is 0.0561. The zero-order valence-electron chi connectivity index (χ0n) is 18.6. The number of pyridine rings is 1. The number of nitrogens with one attached hydrogen (secondary N) is 1. The Kier molecular flexibility index (Phi) is 6.21. The lowest BCUT2D eigenvalue weighted by molar-refractivity contribution is 0.135. The molecule has 9 heteroatoms. The second-order valence-electron chi connectivity index (χ2n) is 8.49. The van der Waals surface area contributed by atoms with E-state index in [1.54, 1.807) is 47.6 Å². The van der Waals surface area contributed by atoms with Crippen molar-refractivity contribution >= 4 is 21.7 Å². The number of rotatable bonds is 5. The molecule has 34 heavy (non-hydrogen) atoms. The molecule has 0 aliphatic carbocycles. The molecular weight excluding hydrogens is 452 g/mol. The third kappa shape index (κ3) is 4.76. The molecule has 0 radical (unpaired) electrons. The molecule has 1 saturated heterocycles. The normalized spacial score (nSPS) is 16.8. The van der Waals surface area contributed by atoms with Gasteiger partial charge in [-0.25, -0.2) is 13.2 Å². The summed E-state index contributed by atoms with van der Waals surface area (Å²) in [6.07, 6.45) is 4.73. The standard InChI is InChI=1S/C25H26N4O4S/c30-25(28-17-19-10-13-26-16-20(19)18-28)27-21-6-8-22(9-7-21)33-23-11-14-29(15-12-23)34(31,32)24-4-2-1-3-5-24/h1-10,13,16,23H,11-12,14-15,17-18H2,(H,27,30). The Morgan fingerprint density at radius 3 is 2.35 bits per heavy atom. The number of anilines is 1. The molecule has 0 saturated carbocycles. The Morgan fingerprint density at radius 2 is 1.65 bits per heavy atom. The van der Waals surface area contributed by atoms with Gasteiger partial charge in [-0.1, -0.05) is 18.2 Å². The van der Waals surface area contributed by atoms with Crippen molar-refractivity contribution in [3.05, 3.63) is 84.2 Å². The lowest BCUT2D eigenvalue weighted by Crippen LogP contribution is -2.41. The molecule has 3 heterocycles.